The largest absolute Gasteiger partial charge is 0.492 e. The van der Waals surface area contributed by atoms with Crippen LogP contribution in [0, 0.1) is 6.92 Å². The fraction of sp³-hybridized carbons (Fsp3) is 0.235. The van der Waals surface area contributed by atoms with E-state index in [9.17, 15) is 4.79 Å². The second-order valence-corrected chi connectivity index (χ2v) is 4.70. The summed E-state index contributed by atoms with van der Waals surface area (Å²) in [6, 6.07) is 17.3. The van der Waals surface area contributed by atoms with Crippen LogP contribution in [0.3, 0.4) is 0 Å². The topological polar surface area (TPSA) is 50.4 Å². The minimum Gasteiger partial charge on any atom is -0.492 e. The average Bonchev–Trinajstić information content (AvgIpc) is 2.52. The van der Waals surface area contributed by atoms with Crippen molar-refractivity contribution in [2.24, 2.45) is 0 Å². The van der Waals surface area contributed by atoms with Gasteiger partial charge < -0.3 is 15.4 Å². The van der Waals surface area contributed by atoms with E-state index < -0.39 is 0 Å². The monoisotopic (exact) mass is 284 g/mol. The van der Waals surface area contributed by atoms with Crippen molar-refractivity contribution >= 4 is 6.03 Å². The van der Waals surface area contributed by atoms with Gasteiger partial charge in [0.1, 0.15) is 12.4 Å². The fourth-order valence-corrected chi connectivity index (χ4v) is 1.90. The maximum atomic E-state index is 11.7. The molecular formula is C17H20N2O2. The van der Waals surface area contributed by atoms with E-state index in [0.29, 0.717) is 19.7 Å². The highest BCUT2D eigenvalue weighted by atomic mass is 16.5. The van der Waals surface area contributed by atoms with Gasteiger partial charge in [-0.3, -0.25) is 0 Å². The highest BCUT2D eigenvalue weighted by molar-refractivity contribution is 5.73. The number of benzene rings is 2. The SMILES string of the molecule is Cc1ccccc1CNC(=O)NCCOc1ccccc1. The smallest absolute Gasteiger partial charge is 0.315 e. The number of carbonyl (C=O) groups is 1. The zero-order valence-corrected chi connectivity index (χ0v) is 12.1. The van der Waals surface area contributed by atoms with Gasteiger partial charge in [0, 0.05) is 6.54 Å². The molecule has 0 aliphatic heterocycles. The van der Waals surface area contributed by atoms with Crippen LogP contribution in [-0.4, -0.2) is 19.2 Å². The highest BCUT2D eigenvalue weighted by Gasteiger charge is 2.01. The molecule has 0 aliphatic carbocycles. The zero-order valence-electron chi connectivity index (χ0n) is 12.1. The van der Waals surface area contributed by atoms with Gasteiger partial charge in [-0.05, 0) is 30.2 Å². The zero-order chi connectivity index (χ0) is 14.9. The molecule has 2 N–H and O–H groups in total. The van der Waals surface area contributed by atoms with Crippen LogP contribution in [0.4, 0.5) is 4.79 Å². The molecule has 0 aromatic heterocycles. The predicted molar refractivity (Wildman–Crippen MR) is 83.4 cm³/mol. The Morgan fingerprint density at radius 2 is 1.71 bits per heavy atom. The van der Waals surface area contributed by atoms with Crippen LogP contribution in [0.25, 0.3) is 0 Å². The third-order valence-electron chi connectivity index (χ3n) is 3.10. The summed E-state index contributed by atoms with van der Waals surface area (Å²) < 4.78 is 5.50. The van der Waals surface area contributed by atoms with E-state index >= 15 is 0 Å². The Hall–Kier alpha value is -2.49. The van der Waals surface area contributed by atoms with Crippen LogP contribution in [0.1, 0.15) is 11.1 Å². The molecule has 0 saturated carbocycles. The van der Waals surface area contributed by atoms with Crippen LogP contribution in [-0.2, 0) is 6.54 Å². The summed E-state index contributed by atoms with van der Waals surface area (Å²) in [6.07, 6.45) is 0. The fourth-order valence-electron chi connectivity index (χ4n) is 1.90. The lowest BCUT2D eigenvalue weighted by Crippen LogP contribution is -2.37. The predicted octanol–water partition coefficient (Wildman–Crippen LogP) is 2.87. The van der Waals surface area contributed by atoms with Crippen molar-refractivity contribution in [3.05, 3.63) is 65.7 Å². The number of para-hydroxylation sites is 1. The Morgan fingerprint density at radius 1 is 1.00 bits per heavy atom. The van der Waals surface area contributed by atoms with Crippen molar-refractivity contribution in [3.63, 3.8) is 0 Å². The third-order valence-corrected chi connectivity index (χ3v) is 3.10. The summed E-state index contributed by atoms with van der Waals surface area (Å²) >= 11 is 0. The van der Waals surface area contributed by atoms with Gasteiger partial charge in [0.15, 0.2) is 0 Å². The van der Waals surface area contributed by atoms with Gasteiger partial charge in [0.2, 0.25) is 0 Å². The van der Waals surface area contributed by atoms with Gasteiger partial charge in [-0.25, -0.2) is 4.79 Å². The van der Waals surface area contributed by atoms with Gasteiger partial charge in [-0.1, -0.05) is 42.5 Å². The number of hydrogen-bond acceptors (Lipinski definition) is 2. The first-order chi connectivity index (χ1) is 10.3. The van der Waals surface area contributed by atoms with Crippen molar-refractivity contribution in [2.75, 3.05) is 13.2 Å². The Labute approximate surface area is 125 Å². The molecule has 0 heterocycles. The van der Waals surface area contributed by atoms with Crippen molar-refractivity contribution in [2.45, 2.75) is 13.5 Å². The number of urea groups is 1. The molecule has 110 valence electrons. The molecule has 2 amide bonds. The summed E-state index contributed by atoms with van der Waals surface area (Å²) in [7, 11) is 0. The van der Waals surface area contributed by atoms with Crippen LogP contribution < -0.4 is 15.4 Å². The Balaban J connectivity index is 1.63. The Kier molecular flexibility index (Phi) is 5.64. The van der Waals surface area contributed by atoms with E-state index in [-0.39, 0.29) is 6.03 Å². The molecule has 0 radical (unpaired) electrons. The summed E-state index contributed by atoms with van der Waals surface area (Å²) in [5, 5.41) is 5.60. The normalized spacial score (nSPS) is 9.95. The lowest BCUT2D eigenvalue weighted by Gasteiger charge is -2.10. The number of nitrogens with one attached hydrogen (secondary N) is 2. The summed E-state index contributed by atoms with van der Waals surface area (Å²) in [5.74, 6) is 0.805. The van der Waals surface area contributed by atoms with Crippen molar-refractivity contribution in [3.8, 4) is 5.75 Å². The van der Waals surface area contributed by atoms with Gasteiger partial charge in [-0.15, -0.1) is 0 Å². The third kappa shape index (κ3) is 5.18. The standard InChI is InChI=1S/C17H20N2O2/c1-14-7-5-6-8-15(14)13-19-17(20)18-11-12-21-16-9-3-2-4-10-16/h2-10H,11-13H2,1H3,(H2,18,19,20). The average molecular weight is 284 g/mol. The first kappa shape index (κ1) is 14.9. The van der Waals surface area contributed by atoms with Gasteiger partial charge in [0.05, 0.1) is 6.54 Å². The summed E-state index contributed by atoms with van der Waals surface area (Å²) in [6.45, 7) is 3.47. The molecular weight excluding hydrogens is 264 g/mol. The van der Waals surface area contributed by atoms with Crippen molar-refractivity contribution in [1.29, 1.82) is 0 Å². The number of aryl methyl sites for hydroxylation is 1. The first-order valence-corrected chi connectivity index (χ1v) is 7.00. The van der Waals surface area contributed by atoms with E-state index in [2.05, 4.69) is 10.6 Å². The maximum absolute atomic E-state index is 11.7. The minimum atomic E-state index is -0.185. The van der Waals surface area contributed by atoms with E-state index in [4.69, 9.17) is 4.74 Å². The molecule has 2 aromatic carbocycles. The Morgan fingerprint density at radius 3 is 2.48 bits per heavy atom. The molecule has 0 fully saturated rings. The molecule has 0 aliphatic rings. The molecule has 21 heavy (non-hydrogen) atoms. The minimum absolute atomic E-state index is 0.185. The van der Waals surface area contributed by atoms with Crippen LogP contribution in [0.5, 0.6) is 5.75 Å². The molecule has 0 atom stereocenters. The van der Waals surface area contributed by atoms with E-state index in [0.717, 1.165) is 11.3 Å². The summed E-state index contributed by atoms with van der Waals surface area (Å²) in [5.41, 5.74) is 2.29. The molecule has 0 unspecified atom stereocenters. The number of rotatable bonds is 6. The molecule has 4 nitrogen and oxygen atoms in total. The van der Waals surface area contributed by atoms with E-state index in [1.54, 1.807) is 0 Å². The Bertz CT molecular complexity index is 570. The van der Waals surface area contributed by atoms with E-state index in [1.807, 2.05) is 61.5 Å². The molecule has 4 heteroatoms. The number of hydrogen-bond donors (Lipinski definition) is 2. The van der Waals surface area contributed by atoms with E-state index in [1.165, 1.54) is 5.56 Å². The van der Waals surface area contributed by atoms with Gasteiger partial charge in [0.25, 0.3) is 0 Å². The number of carbonyl (C=O) groups excluding carboxylic acids is 1. The van der Waals surface area contributed by atoms with Crippen molar-refractivity contribution < 1.29 is 9.53 Å². The summed E-state index contributed by atoms with van der Waals surface area (Å²) in [4.78, 5) is 11.7. The molecule has 0 spiro atoms. The number of ether oxygens (including phenoxy) is 1. The lowest BCUT2D eigenvalue weighted by atomic mass is 10.1. The quantitative estimate of drug-likeness (QED) is 0.801. The van der Waals surface area contributed by atoms with Crippen LogP contribution in [0.2, 0.25) is 0 Å². The molecule has 0 saturated heterocycles. The van der Waals surface area contributed by atoms with Gasteiger partial charge >= 0.3 is 6.03 Å². The van der Waals surface area contributed by atoms with Crippen molar-refractivity contribution in [1.82, 2.24) is 10.6 Å². The molecule has 0 bridgehead atoms. The molecule has 2 rings (SSSR count). The molecule has 2 aromatic rings. The first-order valence-electron chi connectivity index (χ1n) is 7.00. The maximum Gasteiger partial charge on any atom is 0.315 e. The van der Waals surface area contributed by atoms with Gasteiger partial charge in [-0.2, -0.15) is 0 Å². The highest BCUT2D eigenvalue weighted by Crippen LogP contribution is 2.07. The second-order valence-electron chi connectivity index (χ2n) is 4.70. The second kappa shape index (κ2) is 7.94. The van der Waals surface area contributed by atoms with Crippen LogP contribution in [0.15, 0.2) is 54.6 Å². The lowest BCUT2D eigenvalue weighted by molar-refractivity contribution is 0.236. The van der Waals surface area contributed by atoms with Crippen LogP contribution >= 0.6 is 0 Å². The number of amides is 2.